The number of hydrogen-bond acceptors (Lipinski definition) is 4. The summed E-state index contributed by atoms with van der Waals surface area (Å²) >= 11 is 1.63. The van der Waals surface area contributed by atoms with Crippen molar-refractivity contribution in [1.29, 1.82) is 0 Å². The van der Waals surface area contributed by atoms with Gasteiger partial charge in [0.15, 0.2) is 0 Å². The lowest BCUT2D eigenvalue weighted by atomic mass is 10.1. The zero-order valence-electron chi connectivity index (χ0n) is 14.7. The second kappa shape index (κ2) is 8.56. The molecule has 1 N–H and O–H groups in total. The van der Waals surface area contributed by atoms with Crippen LogP contribution in [0.25, 0.3) is 0 Å². The minimum Gasteiger partial charge on any atom is -0.457 e. The molecule has 3 aromatic carbocycles. The van der Waals surface area contributed by atoms with Crippen molar-refractivity contribution in [3.05, 3.63) is 102 Å². The summed E-state index contributed by atoms with van der Waals surface area (Å²) in [4.78, 5) is 4.61. The summed E-state index contributed by atoms with van der Waals surface area (Å²) in [6, 6.07) is 28.1. The van der Waals surface area contributed by atoms with Crippen molar-refractivity contribution < 1.29 is 4.74 Å². The number of hydrogen-bond donors (Lipinski definition) is 1. The third-order valence-corrected chi connectivity index (χ3v) is 4.94. The van der Waals surface area contributed by atoms with Crippen molar-refractivity contribution >= 4 is 11.8 Å². The average Bonchev–Trinajstić information content (AvgIpc) is 3.17. The highest BCUT2D eigenvalue weighted by molar-refractivity contribution is 7.98. The van der Waals surface area contributed by atoms with Crippen LogP contribution in [-0.2, 0) is 12.2 Å². The molecule has 0 unspecified atom stereocenters. The van der Waals surface area contributed by atoms with Crippen LogP contribution in [-0.4, -0.2) is 15.2 Å². The Bertz CT molecular complexity index is 987. The van der Waals surface area contributed by atoms with Crippen molar-refractivity contribution in [2.45, 2.75) is 17.3 Å². The van der Waals surface area contributed by atoms with E-state index in [0.717, 1.165) is 33.8 Å². The van der Waals surface area contributed by atoms with Crippen LogP contribution in [0.3, 0.4) is 0 Å². The van der Waals surface area contributed by atoms with Gasteiger partial charge in [0, 0.05) is 17.7 Å². The van der Waals surface area contributed by atoms with Crippen molar-refractivity contribution in [1.82, 2.24) is 15.2 Å². The van der Waals surface area contributed by atoms with Crippen LogP contribution in [0.2, 0.25) is 0 Å². The number of aromatic amines is 1. The molecule has 0 aliphatic carbocycles. The highest BCUT2D eigenvalue weighted by Gasteiger charge is 2.10. The molecule has 134 valence electrons. The largest absolute Gasteiger partial charge is 0.457 e. The Balaban J connectivity index is 1.43. The lowest BCUT2D eigenvalue weighted by Gasteiger charge is -2.10. The Kier molecular flexibility index (Phi) is 5.50. The van der Waals surface area contributed by atoms with Gasteiger partial charge in [0.1, 0.15) is 17.3 Å². The van der Waals surface area contributed by atoms with Gasteiger partial charge in [-0.15, -0.1) is 5.10 Å². The third kappa shape index (κ3) is 4.77. The third-order valence-electron chi connectivity index (χ3n) is 4.02. The lowest BCUT2D eigenvalue weighted by Crippen LogP contribution is -1.95. The molecular formula is C22H19N3OS. The quantitative estimate of drug-likeness (QED) is 0.436. The maximum atomic E-state index is 6.03. The molecule has 5 heteroatoms. The number of aromatic nitrogens is 3. The van der Waals surface area contributed by atoms with E-state index in [0.29, 0.717) is 6.42 Å². The molecule has 0 fully saturated rings. The topological polar surface area (TPSA) is 50.8 Å². The monoisotopic (exact) mass is 373 g/mol. The normalized spacial score (nSPS) is 10.7. The van der Waals surface area contributed by atoms with E-state index in [1.54, 1.807) is 11.8 Å². The van der Waals surface area contributed by atoms with Crippen molar-refractivity contribution in [2.75, 3.05) is 0 Å². The molecule has 4 rings (SSSR count). The van der Waals surface area contributed by atoms with Crippen molar-refractivity contribution in [3.8, 4) is 11.5 Å². The predicted molar refractivity (Wildman–Crippen MR) is 108 cm³/mol. The molecular weight excluding hydrogens is 354 g/mol. The van der Waals surface area contributed by atoms with Gasteiger partial charge in [-0.05, 0) is 23.8 Å². The van der Waals surface area contributed by atoms with Crippen LogP contribution in [0.1, 0.15) is 17.0 Å². The molecule has 0 spiro atoms. The Morgan fingerprint density at radius 3 is 2.33 bits per heavy atom. The van der Waals surface area contributed by atoms with E-state index in [2.05, 4.69) is 33.4 Å². The number of nitrogens with one attached hydrogen (secondary N) is 1. The van der Waals surface area contributed by atoms with E-state index >= 15 is 0 Å². The number of nitrogens with zero attached hydrogens (tertiary/aromatic N) is 2. The second-order valence-corrected chi connectivity index (χ2v) is 6.98. The summed E-state index contributed by atoms with van der Waals surface area (Å²) in [5.74, 6) is 3.33. The van der Waals surface area contributed by atoms with Crippen molar-refractivity contribution in [2.24, 2.45) is 0 Å². The zero-order valence-corrected chi connectivity index (χ0v) is 15.5. The molecule has 1 heterocycles. The number of para-hydroxylation sites is 2. The first-order valence-corrected chi connectivity index (χ1v) is 9.74. The first-order chi connectivity index (χ1) is 13.4. The lowest BCUT2D eigenvalue weighted by molar-refractivity contribution is 0.477. The van der Waals surface area contributed by atoms with Crippen LogP contribution < -0.4 is 4.74 Å². The van der Waals surface area contributed by atoms with Gasteiger partial charge < -0.3 is 4.74 Å². The van der Waals surface area contributed by atoms with E-state index in [9.17, 15) is 0 Å². The summed E-state index contributed by atoms with van der Waals surface area (Å²) in [6.07, 6.45) is 0.641. The maximum absolute atomic E-state index is 6.03. The molecule has 0 saturated heterocycles. The van der Waals surface area contributed by atoms with Gasteiger partial charge in [-0.2, -0.15) is 0 Å². The first kappa shape index (κ1) is 17.4. The second-order valence-electron chi connectivity index (χ2n) is 6.04. The van der Waals surface area contributed by atoms with E-state index in [1.165, 1.54) is 5.56 Å². The van der Waals surface area contributed by atoms with Crippen LogP contribution in [0.4, 0.5) is 0 Å². The minimum absolute atomic E-state index is 0.641. The molecule has 27 heavy (non-hydrogen) atoms. The van der Waals surface area contributed by atoms with Crippen LogP contribution in [0.15, 0.2) is 90.1 Å². The van der Waals surface area contributed by atoms with E-state index in [1.807, 2.05) is 66.7 Å². The molecule has 0 amide bonds. The molecule has 0 saturated carbocycles. The number of benzene rings is 3. The fourth-order valence-corrected chi connectivity index (χ4v) is 3.46. The van der Waals surface area contributed by atoms with E-state index < -0.39 is 0 Å². The van der Waals surface area contributed by atoms with E-state index in [4.69, 9.17) is 4.74 Å². The highest BCUT2D eigenvalue weighted by Crippen LogP contribution is 2.27. The zero-order chi connectivity index (χ0) is 18.3. The Morgan fingerprint density at radius 1 is 0.815 bits per heavy atom. The average molecular weight is 373 g/mol. The number of ether oxygens (including phenoxy) is 1. The van der Waals surface area contributed by atoms with Gasteiger partial charge >= 0.3 is 0 Å². The Labute approximate surface area is 162 Å². The molecule has 1 aromatic heterocycles. The Hall–Kier alpha value is -3.05. The smallest absolute Gasteiger partial charge is 0.208 e. The first-order valence-electron chi connectivity index (χ1n) is 8.75. The fraction of sp³-hybridized carbons (Fsp3) is 0.0909. The van der Waals surface area contributed by atoms with Crippen LogP contribution in [0.5, 0.6) is 11.5 Å². The molecule has 0 aliphatic heterocycles. The number of thioether (sulfide) groups is 1. The SMILES string of the molecule is c1ccc(CSc2n[nH]c(Cc3ccccc3Oc3ccccc3)n2)cc1. The van der Waals surface area contributed by atoms with Gasteiger partial charge in [0.2, 0.25) is 5.16 Å². The number of rotatable bonds is 7. The fourth-order valence-electron chi connectivity index (χ4n) is 2.69. The van der Waals surface area contributed by atoms with Gasteiger partial charge in [-0.1, -0.05) is 78.5 Å². The molecule has 0 radical (unpaired) electrons. The molecule has 0 aliphatic rings. The highest BCUT2D eigenvalue weighted by atomic mass is 32.2. The summed E-state index contributed by atoms with van der Waals surface area (Å²) in [5, 5.41) is 8.13. The summed E-state index contributed by atoms with van der Waals surface area (Å²) < 4.78 is 6.03. The standard InChI is InChI=1S/C22H19N3OS/c1-3-9-17(10-4-1)16-27-22-23-21(24-25-22)15-18-11-7-8-14-20(18)26-19-12-5-2-6-13-19/h1-14H,15-16H2,(H,23,24,25). The van der Waals surface area contributed by atoms with Gasteiger partial charge in [-0.25, -0.2) is 4.98 Å². The molecule has 4 aromatic rings. The van der Waals surface area contributed by atoms with Crippen LogP contribution in [0, 0.1) is 0 Å². The molecule has 0 atom stereocenters. The minimum atomic E-state index is 0.641. The van der Waals surface area contributed by atoms with Crippen molar-refractivity contribution in [3.63, 3.8) is 0 Å². The number of H-pyrrole nitrogens is 1. The molecule has 4 nitrogen and oxygen atoms in total. The summed E-state index contributed by atoms with van der Waals surface area (Å²) in [6.45, 7) is 0. The van der Waals surface area contributed by atoms with E-state index in [-0.39, 0.29) is 0 Å². The van der Waals surface area contributed by atoms with Gasteiger partial charge in [-0.3, -0.25) is 5.10 Å². The maximum Gasteiger partial charge on any atom is 0.208 e. The Morgan fingerprint density at radius 2 is 1.52 bits per heavy atom. The predicted octanol–water partition coefficient (Wildman–Crippen LogP) is 5.48. The summed E-state index contributed by atoms with van der Waals surface area (Å²) in [7, 11) is 0. The van der Waals surface area contributed by atoms with Crippen LogP contribution >= 0.6 is 11.8 Å². The van der Waals surface area contributed by atoms with Gasteiger partial charge in [0.05, 0.1) is 0 Å². The van der Waals surface area contributed by atoms with Gasteiger partial charge in [0.25, 0.3) is 0 Å². The molecule has 0 bridgehead atoms. The summed E-state index contributed by atoms with van der Waals surface area (Å²) in [5.41, 5.74) is 2.33.